The number of aromatic nitrogens is 3. The van der Waals surface area contributed by atoms with Crippen molar-refractivity contribution >= 4 is 27.4 Å². The molecule has 9 nitrogen and oxygen atoms in total. The van der Waals surface area contributed by atoms with Crippen LogP contribution < -0.4 is 14.9 Å². The van der Waals surface area contributed by atoms with Gasteiger partial charge in [-0.25, -0.2) is 18.4 Å². The van der Waals surface area contributed by atoms with E-state index < -0.39 is 10.0 Å². The van der Waals surface area contributed by atoms with E-state index >= 15 is 0 Å². The van der Waals surface area contributed by atoms with Crippen molar-refractivity contribution in [2.45, 2.75) is 63.3 Å². The Bertz CT molecular complexity index is 1130. The van der Waals surface area contributed by atoms with Crippen LogP contribution >= 0.6 is 0 Å². The van der Waals surface area contributed by atoms with Gasteiger partial charge in [0, 0.05) is 18.8 Å². The van der Waals surface area contributed by atoms with Crippen molar-refractivity contribution in [3.8, 4) is 0 Å². The summed E-state index contributed by atoms with van der Waals surface area (Å²) in [7, 11) is -3.34. The van der Waals surface area contributed by atoms with Crippen molar-refractivity contribution in [3.05, 3.63) is 41.6 Å². The topological polar surface area (TPSA) is 117 Å². The lowest BCUT2D eigenvalue weighted by molar-refractivity contribution is 0.0944. The van der Waals surface area contributed by atoms with Gasteiger partial charge in [0.25, 0.3) is 5.91 Å². The van der Waals surface area contributed by atoms with Crippen LogP contribution in [0.1, 0.15) is 60.9 Å². The molecule has 2 fully saturated rings. The first kappa shape index (κ1) is 21.1. The van der Waals surface area contributed by atoms with Gasteiger partial charge in [-0.05, 0) is 56.6 Å². The number of amides is 1. The molecule has 5 rings (SSSR count). The van der Waals surface area contributed by atoms with Crippen LogP contribution in [0.25, 0.3) is 0 Å². The van der Waals surface area contributed by atoms with E-state index in [1.807, 2.05) is 0 Å². The van der Waals surface area contributed by atoms with Crippen LogP contribution in [0.5, 0.6) is 0 Å². The van der Waals surface area contributed by atoms with Gasteiger partial charge in [0.05, 0.1) is 35.1 Å². The molecule has 32 heavy (non-hydrogen) atoms. The third-order valence-electron chi connectivity index (χ3n) is 6.36. The summed E-state index contributed by atoms with van der Waals surface area (Å²) in [6, 6.07) is 3.78. The van der Waals surface area contributed by atoms with E-state index in [0.717, 1.165) is 24.5 Å². The molecule has 2 N–H and O–H groups in total. The fourth-order valence-electron chi connectivity index (χ4n) is 4.27. The van der Waals surface area contributed by atoms with E-state index in [1.165, 1.54) is 25.5 Å². The molecule has 2 aromatic heterocycles. The average Bonchev–Trinajstić information content (AvgIpc) is 3.56. The van der Waals surface area contributed by atoms with Crippen molar-refractivity contribution in [3.63, 3.8) is 0 Å². The zero-order valence-corrected chi connectivity index (χ0v) is 18.9. The SMILES string of the molecule is C[C@@H]1Cc2nc(C(=O)NCc3cc(NS(=O)(=O)C4CC4)ccn3)cnc2N(C2CCC2)C1. The summed E-state index contributed by atoms with van der Waals surface area (Å²) in [6.07, 6.45) is 8.93. The highest BCUT2D eigenvalue weighted by Gasteiger charge is 2.36. The zero-order valence-electron chi connectivity index (χ0n) is 18.1. The molecule has 1 amide bonds. The molecule has 0 aromatic carbocycles. The molecular weight excluding hydrogens is 428 g/mol. The van der Waals surface area contributed by atoms with Gasteiger partial charge < -0.3 is 10.2 Å². The van der Waals surface area contributed by atoms with Crippen molar-refractivity contribution in [1.82, 2.24) is 20.3 Å². The molecule has 3 heterocycles. The fraction of sp³-hybridized carbons (Fsp3) is 0.545. The lowest BCUT2D eigenvalue weighted by Gasteiger charge is -2.43. The minimum atomic E-state index is -3.34. The molecule has 0 saturated heterocycles. The number of hydrogen-bond donors (Lipinski definition) is 2. The summed E-state index contributed by atoms with van der Waals surface area (Å²) < 4.78 is 26.9. The normalized spacial score (nSPS) is 20.9. The van der Waals surface area contributed by atoms with E-state index in [9.17, 15) is 13.2 Å². The Morgan fingerprint density at radius 2 is 2.03 bits per heavy atom. The van der Waals surface area contributed by atoms with Crippen LogP contribution in [-0.2, 0) is 23.0 Å². The van der Waals surface area contributed by atoms with Crippen LogP contribution in [0, 0.1) is 5.92 Å². The maximum Gasteiger partial charge on any atom is 0.271 e. The first-order valence-corrected chi connectivity index (χ1v) is 12.8. The van der Waals surface area contributed by atoms with Gasteiger partial charge in [0.15, 0.2) is 5.82 Å². The van der Waals surface area contributed by atoms with Crippen molar-refractivity contribution < 1.29 is 13.2 Å². The molecule has 3 aliphatic rings. The van der Waals surface area contributed by atoms with E-state index in [4.69, 9.17) is 0 Å². The lowest BCUT2D eigenvalue weighted by Crippen LogP contribution is -2.46. The molecule has 0 bridgehead atoms. The molecule has 0 unspecified atom stereocenters. The summed E-state index contributed by atoms with van der Waals surface area (Å²) >= 11 is 0. The van der Waals surface area contributed by atoms with Gasteiger partial charge in [-0.1, -0.05) is 6.92 Å². The second-order valence-corrected chi connectivity index (χ2v) is 11.1. The zero-order chi connectivity index (χ0) is 22.3. The van der Waals surface area contributed by atoms with Gasteiger partial charge >= 0.3 is 0 Å². The Balaban J connectivity index is 1.25. The summed E-state index contributed by atoms with van der Waals surface area (Å²) in [5.74, 6) is 1.07. The van der Waals surface area contributed by atoms with Gasteiger partial charge in [0.1, 0.15) is 5.69 Å². The number of carbonyl (C=O) groups excluding carboxylic acids is 1. The van der Waals surface area contributed by atoms with Crippen LogP contribution in [0.15, 0.2) is 24.5 Å². The number of nitrogens with zero attached hydrogens (tertiary/aromatic N) is 4. The molecule has 2 aliphatic carbocycles. The molecule has 1 atom stereocenters. The summed E-state index contributed by atoms with van der Waals surface area (Å²) in [4.78, 5) is 28.5. The molecule has 2 saturated carbocycles. The number of pyridine rings is 1. The largest absolute Gasteiger partial charge is 0.352 e. The maximum atomic E-state index is 12.7. The molecule has 10 heteroatoms. The van der Waals surface area contributed by atoms with Crippen LogP contribution in [0.3, 0.4) is 0 Å². The number of rotatable bonds is 7. The van der Waals surface area contributed by atoms with Crippen LogP contribution in [-0.4, -0.2) is 47.1 Å². The minimum Gasteiger partial charge on any atom is -0.352 e. The second kappa shape index (κ2) is 8.31. The summed E-state index contributed by atoms with van der Waals surface area (Å²) in [6.45, 7) is 3.37. The lowest BCUT2D eigenvalue weighted by atomic mass is 9.88. The smallest absolute Gasteiger partial charge is 0.271 e. The van der Waals surface area contributed by atoms with Crippen LogP contribution in [0.2, 0.25) is 0 Å². The van der Waals surface area contributed by atoms with Crippen molar-refractivity contribution in [2.75, 3.05) is 16.2 Å². The third kappa shape index (κ3) is 4.41. The minimum absolute atomic E-state index is 0.168. The van der Waals surface area contributed by atoms with Crippen LogP contribution in [0.4, 0.5) is 11.5 Å². The van der Waals surface area contributed by atoms with Crippen molar-refractivity contribution in [2.24, 2.45) is 5.92 Å². The van der Waals surface area contributed by atoms with Gasteiger partial charge in [-0.2, -0.15) is 0 Å². The van der Waals surface area contributed by atoms with E-state index in [1.54, 1.807) is 18.3 Å². The molecule has 0 spiro atoms. The van der Waals surface area contributed by atoms with E-state index in [0.29, 0.717) is 36.2 Å². The average molecular weight is 457 g/mol. The first-order valence-electron chi connectivity index (χ1n) is 11.3. The number of anilines is 2. The third-order valence-corrected chi connectivity index (χ3v) is 8.23. The van der Waals surface area contributed by atoms with Gasteiger partial charge in [-0.3, -0.25) is 14.5 Å². The number of fused-ring (bicyclic) bond motifs is 1. The van der Waals surface area contributed by atoms with E-state index in [-0.39, 0.29) is 23.4 Å². The molecule has 1 aliphatic heterocycles. The standard InChI is InChI=1S/C22H28N6O3S/c1-14-9-19-21(28(13-14)17-3-2-4-17)24-12-20(26-19)22(29)25-11-16-10-15(7-8-23-16)27-32(30,31)18-5-6-18/h7-8,10,12,14,17-18H,2-6,9,11,13H2,1H3,(H,23,27)(H,25,29)/t14-/m1/s1. The Morgan fingerprint density at radius 3 is 2.75 bits per heavy atom. The number of carbonyl (C=O) groups is 1. The van der Waals surface area contributed by atoms with Gasteiger partial charge in [-0.15, -0.1) is 0 Å². The Hall–Kier alpha value is -2.75. The van der Waals surface area contributed by atoms with E-state index in [2.05, 4.69) is 36.8 Å². The fourth-order valence-corrected chi connectivity index (χ4v) is 5.65. The molecule has 2 aromatic rings. The highest BCUT2D eigenvalue weighted by Crippen LogP contribution is 2.34. The van der Waals surface area contributed by atoms with Crippen molar-refractivity contribution in [1.29, 1.82) is 0 Å². The molecule has 0 radical (unpaired) electrons. The molecule has 170 valence electrons. The highest BCUT2D eigenvalue weighted by atomic mass is 32.2. The Labute approximate surface area is 188 Å². The summed E-state index contributed by atoms with van der Waals surface area (Å²) in [5, 5.41) is 2.52. The predicted octanol–water partition coefficient (Wildman–Crippen LogP) is 2.26. The Kier molecular flexibility index (Phi) is 5.48. The first-order chi connectivity index (χ1) is 15.4. The second-order valence-electron chi connectivity index (χ2n) is 9.14. The summed E-state index contributed by atoms with van der Waals surface area (Å²) in [5.41, 5.74) is 2.19. The monoisotopic (exact) mass is 456 g/mol. The highest BCUT2D eigenvalue weighted by molar-refractivity contribution is 7.93. The quantitative estimate of drug-likeness (QED) is 0.656. The van der Waals surface area contributed by atoms with Gasteiger partial charge in [0.2, 0.25) is 10.0 Å². The molecular formula is C22H28N6O3S. The predicted molar refractivity (Wildman–Crippen MR) is 121 cm³/mol. The Morgan fingerprint density at radius 1 is 1.22 bits per heavy atom. The maximum absolute atomic E-state index is 12.7. The number of sulfonamides is 1. The number of nitrogens with one attached hydrogen (secondary N) is 2. The number of hydrogen-bond acceptors (Lipinski definition) is 7.